The average Bonchev–Trinajstić information content (AvgIpc) is 2.17. The Balaban J connectivity index is 3.34. The quantitative estimate of drug-likeness (QED) is 0.699. The predicted octanol–water partition coefficient (Wildman–Crippen LogP) is 1.51. The maximum absolute atomic E-state index is 10.9. The van der Waals surface area contributed by atoms with Gasteiger partial charge < -0.3 is 15.5 Å². The minimum atomic E-state index is -1.25. The Morgan fingerprint density at radius 1 is 1.27 bits per heavy atom. The highest BCUT2D eigenvalue weighted by molar-refractivity contribution is 6.05. The van der Waals surface area contributed by atoms with Crippen molar-refractivity contribution >= 4 is 17.6 Å². The highest BCUT2D eigenvalue weighted by atomic mass is 16.4. The molecule has 1 rings (SSSR count). The molecule has 0 atom stereocenters. The molecule has 15 heavy (non-hydrogen) atoms. The number of carbonyl (C=O) groups is 2. The number of anilines is 1. The van der Waals surface area contributed by atoms with Gasteiger partial charge in [0.15, 0.2) is 0 Å². The first-order valence-electron chi connectivity index (χ1n) is 4.41. The maximum Gasteiger partial charge on any atom is 0.338 e. The van der Waals surface area contributed by atoms with Gasteiger partial charge in [-0.05, 0) is 19.1 Å². The number of rotatable bonds is 4. The van der Waals surface area contributed by atoms with E-state index in [1.165, 1.54) is 12.1 Å². The highest BCUT2D eigenvalue weighted by Gasteiger charge is 2.19. The Morgan fingerprint density at radius 3 is 2.40 bits per heavy atom. The molecule has 1 aromatic rings. The lowest BCUT2D eigenvalue weighted by atomic mass is 10.1. The average molecular weight is 209 g/mol. The smallest absolute Gasteiger partial charge is 0.338 e. The Hall–Kier alpha value is -2.04. The van der Waals surface area contributed by atoms with Gasteiger partial charge in [0, 0.05) is 12.2 Å². The van der Waals surface area contributed by atoms with Crippen LogP contribution in [0.3, 0.4) is 0 Å². The number of carboxylic acids is 2. The lowest BCUT2D eigenvalue weighted by molar-refractivity contribution is 0.0652. The number of hydrogen-bond donors (Lipinski definition) is 3. The van der Waals surface area contributed by atoms with Crippen LogP contribution in [0, 0.1) is 0 Å². The molecule has 0 saturated heterocycles. The third-order valence-corrected chi connectivity index (χ3v) is 1.88. The molecule has 0 fully saturated rings. The lowest BCUT2D eigenvalue weighted by Crippen LogP contribution is -2.12. The molecule has 0 aliphatic heterocycles. The topological polar surface area (TPSA) is 86.6 Å². The third-order valence-electron chi connectivity index (χ3n) is 1.88. The fraction of sp³-hybridized carbons (Fsp3) is 0.200. The first-order chi connectivity index (χ1) is 7.07. The van der Waals surface area contributed by atoms with E-state index in [1.807, 2.05) is 0 Å². The fourth-order valence-corrected chi connectivity index (χ4v) is 1.30. The van der Waals surface area contributed by atoms with Crippen LogP contribution in [0.1, 0.15) is 27.6 Å². The van der Waals surface area contributed by atoms with Crippen molar-refractivity contribution < 1.29 is 19.8 Å². The van der Waals surface area contributed by atoms with E-state index in [0.29, 0.717) is 12.2 Å². The van der Waals surface area contributed by atoms with Gasteiger partial charge in [0.1, 0.15) is 0 Å². The standard InChI is InChI=1S/C10H11NO4/c1-2-11-7-5-3-4-6(9(12)13)8(7)10(14)15/h3-5,11H,2H2,1H3,(H,12,13)(H,14,15). The largest absolute Gasteiger partial charge is 0.478 e. The van der Waals surface area contributed by atoms with Crippen LogP contribution < -0.4 is 5.32 Å². The zero-order valence-electron chi connectivity index (χ0n) is 8.15. The molecule has 0 radical (unpaired) electrons. The number of aromatic carboxylic acids is 2. The van der Waals surface area contributed by atoms with Gasteiger partial charge in [-0.1, -0.05) is 6.07 Å². The normalized spacial score (nSPS) is 9.67. The molecule has 0 aliphatic carbocycles. The van der Waals surface area contributed by atoms with E-state index in [4.69, 9.17) is 10.2 Å². The van der Waals surface area contributed by atoms with Gasteiger partial charge >= 0.3 is 11.9 Å². The molecular formula is C10H11NO4. The van der Waals surface area contributed by atoms with Gasteiger partial charge in [0.25, 0.3) is 0 Å². The van der Waals surface area contributed by atoms with Crippen molar-refractivity contribution in [1.82, 2.24) is 0 Å². The molecule has 0 heterocycles. The molecule has 0 spiro atoms. The summed E-state index contributed by atoms with van der Waals surface area (Å²) in [6, 6.07) is 4.32. The monoisotopic (exact) mass is 209 g/mol. The van der Waals surface area contributed by atoms with E-state index in [1.54, 1.807) is 13.0 Å². The summed E-state index contributed by atoms with van der Waals surface area (Å²) in [7, 11) is 0. The van der Waals surface area contributed by atoms with Crippen molar-refractivity contribution in [2.45, 2.75) is 6.92 Å². The van der Waals surface area contributed by atoms with Crippen LogP contribution in [-0.2, 0) is 0 Å². The highest BCUT2D eigenvalue weighted by Crippen LogP contribution is 2.20. The van der Waals surface area contributed by atoms with Crippen molar-refractivity contribution in [2.75, 3.05) is 11.9 Å². The summed E-state index contributed by atoms with van der Waals surface area (Å²) in [6.07, 6.45) is 0. The molecule has 0 amide bonds. The summed E-state index contributed by atoms with van der Waals surface area (Å²) >= 11 is 0. The van der Waals surface area contributed by atoms with Gasteiger partial charge in [-0.2, -0.15) is 0 Å². The number of benzene rings is 1. The van der Waals surface area contributed by atoms with E-state index >= 15 is 0 Å². The maximum atomic E-state index is 10.9. The Morgan fingerprint density at radius 2 is 1.93 bits per heavy atom. The molecule has 5 heteroatoms. The molecule has 5 nitrogen and oxygen atoms in total. The number of hydrogen-bond acceptors (Lipinski definition) is 3. The van der Waals surface area contributed by atoms with E-state index in [9.17, 15) is 9.59 Å². The summed E-state index contributed by atoms with van der Waals surface area (Å²) in [4.78, 5) is 21.7. The second-order valence-electron chi connectivity index (χ2n) is 2.87. The second-order valence-corrected chi connectivity index (χ2v) is 2.87. The summed E-state index contributed by atoms with van der Waals surface area (Å²) < 4.78 is 0. The first kappa shape index (κ1) is 11.0. The summed E-state index contributed by atoms with van der Waals surface area (Å²) in [6.45, 7) is 2.34. The van der Waals surface area contributed by atoms with Gasteiger partial charge in [-0.15, -0.1) is 0 Å². The van der Waals surface area contributed by atoms with Crippen LogP contribution in [0.2, 0.25) is 0 Å². The van der Waals surface area contributed by atoms with Crippen molar-refractivity contribution in [1.29, 1.82) is 0 Å². The van der Waals surface area contributed by atoms with Crippen molar-refractivity contribution in [3.8, 4) is 0 Å². The van der Waals surface area contributed by atoms with Gasteiger partial charge in [0.05, 0.1) is 11.1 Å². The molecule has 80 valence electrons. The zero-order valence-corrected chi connectivity index (χ0v) is 8.15. The summed E-state index contributed by atoms with van der Waals surface area (Å²) in [5, 5.41) is 20.5. The number of nitrogens with one attached hydrogen (secondary N) is 1. The number of carboxylic acid groups (broad SMARTS) is 2. The molecule has 0 bridgehead atoms. The van der Waals surface area contributed by atoms with Crippen LogP contribution in [0.5, 0.6) is 0 Å². The van der Waals surface area contributed by atoms with Crippen LogP contribution >= 0.6 is 0 Å². The van der Waals surface area contributed by atoms with Crippen LogP contribution in [0.4, 0.5) is 5.69 Å². The van der Waals surface area contributed by atoms with Gasteiger partial charge in [-0.25, -0.2) is 9.59 Å². The van der Waals surface area contributed by atoms with E-state index in [-0.39, 0.29) is 11.1 Å². The second kappa shape index (κ2) is 4.45. The Bertz CT molecular complexity index is 400. The Labute approximate surface area is 86.4 Å². The van der Waals surface area contributed by atoms with Crippen LogP contribution in [0.15, 0.2) is 18.2 Å². The van der Waals surface area contributed by atoms with Crippen LogP contribution in [-0.4, -0.2) is 28.7 Å². The fourth-order valence-electron chi connectivity index (χ4n) is 1.30. The molecule has 0 aliphatic rings. The van der Waals surface area contributed by atoms with E-state index < -0.39 is 11.9 Å². The minimum Gasteiger partial charge on any atom is -0.478 e. The molecule has 3 N–H and O–H groups in total. The van der Waals surface area contributed by atoms with Gasteiger partial charge in [-0.3, -0.25) is 0 Å². The van der Waals surface area contributed by atoms with Crippen molar-refractivity contribution in [3.63, 3.8) is 0 Å². The SMILES string of the molecule is CCNc1cccc(C(=O)O)c1C(=O)O. The summed E-state index contributed by atoms with van der Waals surface area (Å²) in [5.41, 5.74) is -0.0855. The molecule has 0 saturated carbocycles. The molecule has 1 aromatic carbocycles. The summed E-state index contributed by atoms with van der Waals surface area (Å²) in [5.74, 6) is -2.49. The van der Waals surface area contributed by atoms with Gasteiger partial charge in [0.2, 0.25) is 0 Å². The molecule has 0 unspecified atom stereocenters. The predicted molar refractivity (Wildman–Crippen MR) is 54.5 cm³/mol. The third kappa shape index (κ3) is 2.25. The first-order valence-corrected chi connectivity index (χ1v) is 4.41. The molecular weight excluding hydrogens is 198 g/mol. The minimum absolute atomic E-state index is 0.202. The van der Waals surface area contributed by atoms with E-state index in [0.717, 1.165) is 0 Å². The van der Waals surface area contributed by atoms with Crippen molar-refractivity contribution in [3.05, 3.63) is 29.3 Å². The van der Waals surface area contributed by atoms with Crippen molar-refractivity contribution in [2.24, 2.45) is 0 Å². The lowest BCUT2D eigenvalue weighted by Gasteiger charge is -2.09. The Kier molecular flexibility index (Phi) is 3.28. The van der Waals surface area contributed by atoms with Crippen LogP contribution in [0.25, 0.3) is 0 Å². The van der Waals surface area contributed by atoms with E-state index in [2.05, 4.69) is 5.32 Å². The molecule has 0 aromatic heterocycles. The zero-order chi connectivity index (χ0) is 11.4.